The summed E-state index contributed by atoms with van der Waals surface area (Å²) in [5, 5.41) is 3.38. The fourth-order valence-corrected chi connectivity index (χ4v) is 0.622. The van der Waals surface area contributed by atoms with Crippen molar-refractivity contribution < 1.29 is 27.2 Å². The first-order valence-corrected chi connectivity index (χ1v) is 4.23. The minimum atomic E-state index is -4.36. The summed E-state index contributed by atoms with van der Waals surface area (Å²) in [7, 11) is 0. The molecule has 0 aliphatic carbocycles. The van der Waals surface area contributed by atoms with Crippen molar-refractivity contribution in [3.05, 3.63) is 0 Å². The smallest absolute Gasteiger partial charge is 0.324 e. The number of carbonyl (C=O) groups is 2. The van der Waals surface area contributed by atoms with Crippen LogP contribution in [0.15, 0.2) is 0 Å². The Bertz CT molecular complexity index is 260. The van der Waals surface area contributed by atoms with Crippen molar-refractivity contribution >= 4 is 11.8 Å². The molecule has 0 aliphatic heterocycles. The van der Waals surface area contributed by atoms with E-state index in [0.29, 0.717) is 0 Å². The summed E-state index contributed by atoms with van der Waals surface area (Å²) in [6, 6.07) is 0. The zero-order chi connectivity index (χ0) is 12.8. The standard InChI is InChI=1S/C7H11F4N3O2/c8-6(9)7(10,11)3-14-5(16)4(15)13-2-1-12/h6H,1-3,12H2,(H,13,15)(H,14,16). The molecule has 2 amide bonds. The van der Waals surface area contributed by atoms with Gasteiger partial charge in [-0.3, -0.25) is 9.59 Å². The van der Waals surface area contributed by atoms with Crippen LogP contribution in [0.25, 0.3) is 0 Å². The van der Waals surface area contributed by atoms with Gasteiger partial charge in [0.1, 0.15) is 0 Å². The van der Waals surface area contributed by atoms with E-state index in [-0.39, 0.29) is 13.1 Å². The maximum atomic E-state index is 12.3. The summed E-state index contributed by atoms with van der Waals surface area (Å²) in [4.78, 5) is 21.6. The molecule has 0 atom stereocenters. The van der Waals surface area contributed by atoms with Crippen LogP contribution in [0.1, 0.15) is 0 Å². The molecular formula is C7H11F4N3O2. The number of nitrogens with one attached hydrogen (secondary N) is 2. The van der Waals surface area contributed by atoms with Gasteiger partial charge in [-0.15, -0.1) is 0 Å². The van der Waals surface area contributed by atoms with Crippen molar-refractivity contribution in [3.8, 4) is 0 Å². The summed E-state index contributed by atoms with van der Waals surface area (Å²) < 4.78 is 47.9. The third kappa shape index (κ3) is 4.91. The predicted molar refractivity (Wildman–Crippen MR) is 46.0 cm³/mol. The second kappa shape index (κ2) is 6.26. The van der Waals surface area contributed by atoms with E-state index in [1.807, 2.05) is 5.32 Å². The van der Waals surface area contributed by atoms with Crippen molar-refractivity contribution in [2.75, 3.05) is 19.6 Å². The number of amides is 2. The number of rotatable bonds is 5. The molecule has 0 aromatic carbocycles. The quantitative estimate of drug-likeness (QED) is 0.432. The van der Waals surface area contributed by atoms with Crippen LogP contribution in [0.4, 0.5) is 17.6 Å². The molecule has 0 aromatic heterocycles. The average Bonchev–Trinajstić information content (AvgIpc) is 2.22. The molecule has 0 aliphatic rings. The lowest BCUT2D eigenvalue weighted by atomic mass is 10.3. The number of hydrogen-bond donors (Lipinski definition) is 3. The summed E-state index contributed by atoms with van der Waals surface area (Å²) in [6.45, 7) is -1.55. The summed E-state index contributed by atoms with van der Waals surface area (Å²) >= 11 is 0. The Hall–Kier alpha value is -1.38. The van der Waals surface area contributed by atoms with Crippen LogP contribution in [-0.2, 0) is 9.59 Å². The lowest BCUT2D eigenvalue weighted by Gasteiger charge is -2.15. The van der Waals surface area contributed by atoms with E-state index in [1.54, 1.807) is 0 Å². The fraction of sp³-hybridized carbons (Fsp3) is 0.714. The molecule has 16 heavy (non-hydrogen) atoms. The zero-order valence-corrected chi connectivity index (χ0v) is 8.10. The van der Waals surface area contributed by atoms with Gasteiger partial charge in [-0.05, 0) is 0 Å². The van der Waals surface area contributed by atoms with Gasteiger partial charge in [-0.25, -0.2) is 8.78 Å². The van der Waals surface area contributed by atoms with E-state index in [4.69, 9.17) is 5.73 Å². The van der Waals surface area contributed by atoms with Gasteiger partial charge >= 0.3 is 24.2 Å². The Kier molecular flexibility index (Phi) is 5.72. The second-order valence-corrected chi connectivity index (χ2v) is 2.79. The van der Waals surface area contributed by atoms with Crippen LogP contribution in [-0.4, -0.2) is 43.8 Å². The summed E-state index contributed by atoms with van der Waals surface area (Å²) in [6.07, 6.45) is -3.90. The molecule has 0 spiro atoms. The molecule has 0 radical (unpaired) electrons. The highest BCUT2D eigenvalue weighted by Crippen LogP contribution is 2.21. The molecule has 9 heteroatoms. The van der Waals surface area contributed by atoms with Gasteiger partial charge in [-0.1, -0.05) is 0 Å². The van der Waals surface area contributed by atoms with Crippen molar-refractivity contribution in [1.29, 1.82) is 0 Å². The molecule has 0 unspecified atom stereocenters. The number of hydrogen-bond acceptors (Lipinski definition) is 3. The fourth-order valence-electron chi connectivity index (χ4n) is 0.622. The molecule has 0 aromatic rings. The molecule has 4 N–H and O–H groups in total. The molecule has 0 fully saturated rings. The second-order valence-electron chi connectivity index (χ2n) is 2.79. The van der Waals surface area contributed by atoms with Crippen LogP contribution in [0.5, 0.6) is 0 Å². The molecule has 0 bridgehead atoms. The van der Waals surface area contributed by atoms with Crippen LogP contribution in [0.3, 0.4) is 0 Å². The largest absolute Gasteiger partial charge is 0.347 e. The summed E-state index contributed by atoms with van der Waals surface area (Å²) in [5.74, 6) is -6.96. The highest BCUT2D eigenvalue weighted by Gasteiger charge is 2.41. The van der Waals surface area contributed by atoms with E-state index in [2.05, 4.69) is 0 Å². The number of halogens is 4. The Balaban J connectivity index is 4.02. The van der Waals surface area contributed by atoms with Crippen molar-refractivity contribution in [2.45, 2.75) is 12.3 Å². The highest BCUT2D eigenvalue weighted by atomic mass is 19.3. The van der Waals surface area contributed by atoms with Crippen molar-refractivity contribution in [3.63, 3.8) is 0 Å². The maximum Gasteiger partial charge on any atom is 0.324 e. The Labute approximate surface area is 88.4 Å². The lowest BCUT2D eigenvalue weighted by Crippen LogP contribution is -2.47. The first kappa shape index (κ1) is 14.6. The molecular weight excluding hydrogens is 234 g/mol. The van der Waals surface area contributed by atoms with E-state index >= 15 is 0 Å². The van der Waals surface area contributed by atoms with Gasteiger partial charge in [0.05, 0.1) is 6.54 Å². The molecule has 0 rings (SSSR count). The molecule has 5 nitrogen and oxygen atoms in total. The van der Waals surface area contributed by atoms with E-state index in [0.717, 1.165) is 0 Å². The predicted octanol–water partition coefficient (Wildman–Crippen LogP) is -0.922. The van der Waals surface area contributed by atoms with Crippen LogP contribution in [0.2, 0.25) is 0 Å². The summed E-state index contributed by atoms with van der Waals surface area (Å²) in [5.41, 5.74) is 4.99. The van der Waals surface area contributed by atoms with Gasteiger partial charge in [-0.2, -0.15) is 8.78 Å². The third-order valence-corrected chi connectivity index (χ3v) is 1.44. The Morgan fingerprint density at radius 3 is 2.12 bits per heavy atom. The molecule has 94 valence electrons. The van der Waals surface area contributed by atoms with Crippen molar-refractivity contribution in [2.24, 2.45) is 5.73 Å². The van der Waals surface area contributed by atoms with Crippen LogP contribution < -0.4 is 16.4 Å². The maximum absolute atomic E-state index is 12.3. The lowest BCUT2D eigenvalue weighted by molar-refractivity contribution is -0.145. The molecule has 0 heterocycles. The third-order valence-electron chi connectivity index (χ3n) is 1.44. The van der Waals surface area contributed by atoms with E-state index in [9.17, 15) is 27.2 Å². The topological polar surface area (TPSA) is 84.2 Å². The number of nitrogens with two attached hydrogens (primary N) is 1. The van der Waals surface area contributed by atoms with E-state index < -0.39 is 30.7 Å². The molecule has 0 saturated heterocycles. The van der Waals surface area contributed by atoms with Gasteiger partial charge in [0.15, 0.2) is 0 Å². The number of alkyl halides is 4. The van der Waals surface area contributed by atoms with Crippen LogP contribution in [0, 0.1) is 0 Å². The minimum absolute atomic E-state index is 0.0164. The first-order chi connectivity index (χ1) is 7.31. The molecule has 0 saturated carbocycles. The Morgan fingerprint density at radius 1 is 1.19 bits per heavy atom. The van der Waals surface area contributed by atoms with E-state index in [1.165, 1.54) is 5.32 Å². The zero-order valence-electron chi connectivity index (χ0n) is 8.10. The monoisotopic (exact) mass is 245 g/mol. The Morgan fingerprint density at radius 2 is 1.69 bits per heavy atom. The first-order valence-electron chi connectivity index (χ1n) is 4.23. The average molecular weight is 245 g/mol. The van der Waals surface area contributed by atoms with Gasteiger partial charge in [0.2, 0.25) is 0 Å². The van der Waals surface area contributed by atoms with Gasteiger partial charge in [0.25, 0.3) is 0 Å². The van der Waals surface area contributed by atoms with Gasteiger partial charge in [0, 0.05) is 13.1 Å². The highest BCUT2D eigenvalue weighted by molar-refractivity contribution is 6.35. The van der Waals surface area contributed by atoms with Crippen molar-refractivity contribution in [1.82, 2.24) is 10.6 Å². The minimum Gasteiger partial charge on any atom is -0.347 e. The van der Waals surface area contributed by atoms with Crippen LogP contribution >= 0.6 is 0 Å². The number of carbonyl (C=O) groups excluding carboxylic acids is 2. The van der Waals surface area contributed by atoms with Gasteiger partial charge < -0.3 is 16.4 Å². The normalized spacial score (nSPS) is 11.4. The SMILES string of the molecule is NCCNC(=O)C(=O)NCC(F)(F)C(F)F.